The third kappa shape index (κ3) is 17.8. The molecule has 0 aromatic heterocycles. The van der Waals surface area contributed by atoms with E-state index in [2.05, 4.69) is 101 Å². The highest BCUT2D eigenvalue weighted by Gasteiger charge is 2.43. The van der Waals surface area contributed by atoms with Crippen LogP contribution in [0.3, 0.4) is 0 Å². The fourth-order valence-corrected chi connectivity index (χ4v) is 8.96. The molecule has 0 amide bonds. The third-order valence-electron chi connectivity index (χ3n) is 12.6. The number of hydrogen-bond acceptors (Lipinski definition) is 9. The summed E-state index contributed by atoms with van der Waals surface area (Å²) in [6.45, 7) is 31.3. The molecule has 15 atom stereocenters. The van der Waals surface area contributed by atoms with Crippen molar-refractivity contribution in [1.82, 2.24) is 0 Å². The molecule has 2 aromatic carbocycles. The first-order valence-corrected chi connectivity index (χ1v) is 22.7. The van der Waals surface area contributed by atoms with Gasteiger partial charge in [0.2, 0.25) is 0 Å². The Morgan fingerprint density at radius 2 is 0.883 bits per heavy atom. The van der Waals surface area contributed by atoms with E-state index in [1.54, 1.807) is 27.4 Å². The van der Waals surface area contributed by atoms with Crippen LogP contribution in [0.1, 0.15) is 118 Å². The number of hydrogen-bond donors (Lipinski definition) is 1. The number of benzene rings is 2. The summed E-state index contributed by atoms with van der Waals surface area (Å²) in [5.74, 6) is 2.78. The van der Waals surface area contributed by atoms with Crippen molar-refractivity contribution >= 4 is 29.2 Å². The topological polar surface area (TPSA) is 102 Å². The van der Waals surface area contributed by atoms with Gasteiger partial charge in [-0.25, -0.2) is 0 Å². The van der Waals surface area contributed by atoms with Crippen LogP contribution in [0, 0.1) is 69.1 Å². The van der Waals surface area contributed by atoms with Crippen molar-refractivity contribution in [3.63, 3.8) is 0 Å². The normalized spacial score (nSPS) is 33.5. The van der Waals surface area contributed by atoms with Crippen molar-refractivity contribution in [3.05, 3.63) is 68.7 Å². The molecule has 2 aromatic rings. The van der Waals surface area contributed by atoms with Crippen molar-refractivity contribution in [1.29, 1.82) is 0 Å². The van der Waals surface area contributed by atoms with E-state index in [0.717, 1.165) is 24.8 Å². The van der Waals surface area contributed by atoms with Crippen LogP contribution in [0.15, 0.2) is 36.4 Å². The van der Waals surface area contributed by atoms with Crippen LogP contribution in [0.4, 0.5) is 0 Å². The number of methoxy groups -OCH3 is 3. The Labute approximate surface area is 374 Å². The average molecular weight is 886 g/mol. The second-order valence-electron chi connectivity index (χ2n) is 17.3. The van der Waals surface area contributed by atoms with Crippen LogP contribution in [0.2, 0.25) is 10.0 Å². The highest BCUT2D eigenvalue weighted by Crippen LogP contribution is 2.37. The summed E-state index contributed by atoms with van der Waals surface area (Å²) in [5.41, 5.74) is 5.15. The van der Waals surface area contributed by atoms with Gasteiger partial charge in [-0.05, 0) is 100 Å². The van der Waals surface area contributed by atoms with Crippen LogP contribution in [0.25, 0.3) is 0 Å². The Kier molecular flexibility index (Phi) is 26.3. The number of carbonyl (C=O) groups excluding carboxylic acids is 1. The zero-order chi connectivity index (χ0) is 46.0. The lowest BCUT2D eigenvalue weighted by molar-refractivity contribution is -0.266. The molecule has 346 valence electrons. The number of aliphatic hydroxyl groups is 1. The highest BCUT2D eigenvalue weighted by atomic mass is 35.5. The van der Waals surface area contributed by atoms with Crippen molar-refractivity contribution in [2.75, 3.05) is 21.3 Å². The summed E-state index contributed by atoms with van der Waals surface area (Å²) in [7, 11) is 4.89. The molecule has 0 bridgehead atoms. The minimum atomic E-state index is -0.497. The van der Waals surface area contributed by atoms with Gasteiger partial charge < -0.3 is 38.3 Å². The Bertz CT molecular complexity index is 1280. The molecule has 3 fully saturated rings. The van der Waals surface area contributed by atoms with E-state index in [9.17, 15) is 9.90 Å². The SMILES string of the molecule is CCC1OC(OC)C(C)C(C)C1C.CCC1OC(OC)C(O)C(C)C1C.CCC1OC(OC)C(OC(C)=O)C(C)C1C.Cc1cc(C)cc(C)c1.Cc1cc(Cl)cc(Cl)c1. The summed E-state index contributed by atoms with van der Waals surface area (Å²) < 4.78 is 38.2. The zero-order valence-electron chi connectivity index (χ0n) is 40.2. The number of ether oxygens (including phenoxy) is 7. The van der Waals surface area contributed by atoms with Gasteiger partial charge in [-0.15, -0.1) is 0 Å². The Hall–Kier alpha value is -1.79. The summed E-state index contributed by atoms with van der Waals surface area (Å²) >= 11 is 11.3. The van der Waals surface area contributed by atoms with E-state index >= 15 is 0 Å². The van der Waals surface area contributed by atoms with Crippen LogP contribution in [0.5, 0.6) is 0 Å². The lowest BCUT2D eigenvalue weighted by Crippen LogP contribution is -2.51. The van der Waals surface area contributed by atoms with Gasteiger partial charge in [-0.3, -0.25) is 4.79 Å². The van der Waals surface area contributed by atoms with E-state index in [4.69, 9.17) is 56.4 Å². The molecule has 0 saturated carbocycles. The molecule has 3 heterocycles. The predicted octanol–water partition coefficient (Wildman–Crippen LogP) is 12.0. The minimum Gasteiger partial charge on any atom is -0.457 e. The molecule has 3 aliphatic heterocycles. The largest absolute Gasteiger partial charge is 0.457 e. The number of esters is 1. The number of aliphatic hydroxyl groups excluding tert-OH is 1. The number of halogens is 2. The quantitative estimate of drug-likeness (QED) is 0.272. The summed E-state index contributed by atoms with van der Waals surface area (Å²) in [6.07, 6.45) is 2.05. The molecule has 1 N–H and O–H groups in total. The minimum absolute atomic E-state index is 0.00356. The number of rotatable bonds is 7. The van der Waals surface area contributed by atoms with Crippen LogP contribution in [-0.2, 0) is 38.0 Å². The fourth-order valence-electron chi connectivity index (χ4n) is 8.33. The van der Waals surface area contributed by atoms with E-state index in [1.807, 2.05) is 26.0 Å². The van der Waals surface area contributed by atoms with E-state index in [1.165, 1.54) is 23.6 Å². The molecule has 9 nitrogen and oxygen atoms in total. The average Bonchev–Trinajstić information content (AvgIpc) is 3.18. The van der Waals surface area contributed by atoms with E-state index < -0.39 is 18.7 Å². The highest BCUT2D eigenvalue weighted by molar-refractivity contribution is 6.34. The molecule has 5 rings (SSSR count). The lowest BCUT2D eigenvalue weighted by atomic mass is 9.78. The third-order valence-corrected chi connectivity index (χ3v) is 13.1. The van der Waals surface area contributed by atoms with Crippen molar-refractivity contribution < 1.29 is 43.1 Å². The summed E-state index contributed by atoms with van der Waals surface area (Å²) in [6, 6.07) is 12.0. The molecule has 15 unspecified atom stereocenters. The van der Waals surface area contributed by atoms with E-state index in [-0.39, 0.29) is 42.4 Å². The first kappa shape index (κ1) is 56.2. The van der Waals surface area contributed by atoms with Crippen LogP contribution < -0.4 is 0 Å². The molecule has 3 aliphatic rings. The Morgan fingerprint density at radius 3 is 1.25 bits per heavy atom. The van der Waals surface area contributed by atoms with Gasteiger partial charge >= 0.3 is 5.97 Å². The summed E-state index contributed by atoms with van der Waals surface area (Å²) in [4.78, 5) is 11.0. The molecule has 3 saturated heterocycles. The second kappa shape index (κ2) is 28.1. The first-order valence-electron chi connectivity index (χ1n) is 22.0. The Morgan fingerprint density at radius 1 is 0.533 bits per heavy atom. The summed E-state index contributed by atoms with van der Waals surface area (Å²) in [5, 5.41) is 11.2. The van der Waals surface area contributed by atoms with Crippen molar-refractivity contribution in [3.8, 4) is 0 Å². The van der Waals surface area contributed by atoms with Crippen molar-refractivity contribution in [2.45, 2.75) is 173 Å². The van der Waals surface area contributed by atoms with Gasteiger partial charge in [0.05, 0.1) is 18.3 Å². The van der Waals surface area contributed by atoms with Gasteiger partial charge in [-0.2, -0.15) is 0 Å². The maximum atomic E-state index is 11.0. The molecular weight excluding hydrogens is 803 g/mol. The number of aryl methyl sites for hydroxylation is 4. The van der Waals surface area contributed by atoms with E-state index in [0.29, 0.717) is 45.7 Å². The molecule has 0 radical (unpaired) electrons. The van der Waals surface area contributed by atoms with Crippen molar-refractivity contribution in [2.24, 2.45) is 41.4 Å². The molecule has 0 aliphatic carbocycles. The predicted molar refractivity (Wildman–Crippen MR) is 245 cm³/mol. The zero-order valence-corrected chi connectivity index (χ0v) is 41.7. The van der Waals surface area contributed by atoms with Gasteiger partial charge in [0.15, 0.2) is 25.0 Å². The smallest absolute Gasteiger partial charge is 0.303 e. The second-order valence-corrected chi connectivity index (χ2v) is 18.1. The number of carbonyl (C=O) groups is 1. The van der Waals surface area contributed by atoms with Gasteiger partial charge in [0.25, 0.3) is 0 Å². The molecular formula is C49H82Cl2O9. The lowest BCUT2D eigenvalue weighted by Gasteiger charge is -2.43. The molecule has 0 spiro atoms. The molecule has 11 heteroatoms. The van der Waals surface area contributed by atoms with Crippen LogP contribution in [-0.4, -0.2) is 81.8 Å². The maximum Gasteiger partial charge on any atom is 0.303 e. The Balaban J connectivity index is 0.000000381. The molecule has 60 heavy (non-hydrogen) atoms. The van der Waals surface area contributed by atoms with Gasteiger partial charge in [0, 0.05) is 50.1 Å². The fraction of sp³-hybridized carbons (Fsp3) is 0.735. The van der Waals surface area contributed by atoms with Crippen LogP contribution >= 0.6 is 23.2 Å². The monoisotopic (exact) mass is 885 g/mol. The maximum absolute atomic E-state index is 11.0. The van der Waals surface area contributed by atoms with Gasteiger partial charge in [-0.1, -0.05) is 127 Å². The standard InChI is InChI=1S/C12H22O4.C11H22O2.C10H20O3.C9H12.C7H6Cl2/c1-6-10-7(2)8(3)11(15-9(4)13)12(14-5)16-10;1-6-10-8(3)7(2)9(4)11(12-5)13-10;1-5-8-6(2)7(3)9(11)10(12-4)13-8;1-7-4-8(2)6-9(3)5-7;1-5-2-6(8)4-7(9)3-5/h7-8,10-12H,6H2,1-5H3;7-11H,6H2,1-5H3;6-11H,5H2,1-4H3;4-6H,1-3H3;2-4H,1H3. The first-order chi connectivity index (χ1) is 28.1. The van der Waals surface area contributed by atoms with Gasteiger partial charge in [0.1, 0.15) is 6.10 Å².